The number of rotatable bonds is 2. The van der Waals surface area contributed by atoms with Gasteiger partial charge in [-0.2, -0.15) is 0 Å². The van der Waals surface area contributed by atoms with Crippen LogP contribution < -0.4 is 5.32 Å². The van der Waals surface area contributed by atoms with Crippen LogP contribution in [0.3, 0.4) is 0 Å². The summed E-state index contributed by atoms with van der Waals surface area (Å²) < 4.78 is 13.4. The van der Waals surface area contributed by atoms with Crippen LogP contribution in [0.2, 0.25) is 0 Å². The average Bonchev–Trinajstić information content (AvgIpc) is 2.45. The van der Waals surface area contributed by atoms with Gasteiger partial charge in [0, 0.05) is 23.4 Å². The van der Waals surface area contributed by atoms with Gasteiger partial charge in [-0.05, 0) is 67.3 Å². The third kappa shape index (κ3) is 2.44. The number of halogens is 1. The molecular weight excluding hydrogens is 253 g/mol. The molecule has 3 rings (SSSR count). The first kappa shape index (κ1) is 12.9. The number of hydrogen-bond donors (Lipinski definition) is 1. The number of fused-ring (bicyclic) bond motifs is 1. The van der Waals surface area contributed by atoms with E-state index in [0.717, 1.165) is 36.2 Å². The maximum atomic E-state index is 13.4. The number of carbonyl (C=O) groups is 1. The van der Waals surface area contributed by atoms with E-state index >= 15 is 0 Å². The van der Waals surface area contributed by atoms with E-state index in [2.05, 4.69) is 5.32 Å². The number of benzene rings is 2. The minimum Gasteiger partial charge on any atom is -0.385 e. The summed E-state index contributed by atoms with van der Waals surface area (Å²) >= 11 is 0. The second-order valence-electron chi connectivity index (χ2n) is 5.25. The molecule has 1 aliphatic heterocycles. The van der Waals surface area contributed by atoms with Crippen molar-refractivity contribution in [3.8, 4) is 0 Å². The Kier molecular flexibility index (Phi) is 3.26. The van der Waals surface area contributed by atoms with Gasteiger partial charge in [-0.25, -0.2) is 4.39 Å². The molecule has 0 spiro atoms. The van der Waals surface area contributed by atoms with Gasteiger partial charge in [0.2, 0.25) is 0 Å². The quantitative estimate of drug-likeness (QED) is 0.842. The normalized spacial score (nSPS) is 13.5. The van der Waals surface area contributed by atoms with Crippen molar-refractivity contribution in [3.63, 3.8) is 0 Å². The molecule has 2 nitrogen and oxygen atoms in total. The number of ketones is 1. The Labute approximate surface area is 117 Å². The summed E-state index contributed by atoms with van der Waals surface area (Å²) in [4.78, 5) is 12.4. The second kappa shape index (κ2) is 5.08. The first-order valence-corrected chi connectivity index (χ1v) is 6.82. The topological polar surface area (TPSA) is 29.1 Å². The number of aryl methyl sites for hydroxylation is 2. The van der Waals surface area contributed by atoms with E-state index in [1.165, 1.54) is 12.1 Å². The predicted molar refractivity (Wildman–Crippen MR) is 77.8 cm³/mol. The second-order valence-corrected chi connectivity index (χ2v) is 5.25. The molecule has 0 unspecified atom stereocenters. The lowest BCUT2D eigenvalue weighted by atomic mass is 9.96. The SMILES string of the molecule is Cc1cc(F)cc(C(=O)c2ccc3c(c2)CCCN3)c1. The summed E-state index contributed by atoms with van der Waals surface area (Å²) in [6.45, 7) is 2.76. The zero-order valence-corrected chi connectivity index (χ0v) is 11.4. The van der Waals surface area contributed by atoms with Gasteiger partial charge in [-0.1, -0.05) is 0 Å². The summed E-state index contributed by atoms with van der Waals surface area (Å²) in [5.41, 5.74) is 4.05. The number of carbonyl (C=O) groups excluding carboxylic acids is 1. The van der Waals surface area contributed by atoms with Gasteiger partial charge in [0.1, 0.15) is 5.82 Å². The summed E-state index contributed by atoms with van der Waals surface area (Å²) in [6, 6.07) is 10.1. The summed E-state index contributed by atoms with van der Waals surface area (Å²) in [5, 5.41) is 3.32. The summed E-state index contributed by atoms with van der Waals surface area (Å²) in [7, 11) is 0. The van der Waals surface area contributed by atoms with Gasteiger partial charge in [0.05, 0.1) is 0 Å². The van der Waals surface area contributed by atoms with Gasteiger partial charge < -0.3 is 5.32 Å². The minimum absolute atomic E-state index is 0.124. The number of nitrogens with one attached hydrogen (secondary N) is 1. The maximum absolute atomic E-state index is 13.4. The molecule has 1 N–H and O–H groups in total. The lowest BCUT2D eigenvalue weighted by Gasteiger charge is -2.18. The fourth-order valence-electron chi connectivity index (χ4n) is 2.65. The molecule has 0 fully saturated rings. The molecule has 0 amide bonds. The van der Waals surface area contributed by atoms with Crippen molar-refractivity contribution in [1.29, 1.82) is 0 Å². The third-order valence-corrected chi connectivity index (χ3v) is 3.61. The van der Waals surface area contributed by atoms with E-state index in [1.54, 1.807) is 19.1 Å². The Bertz CT molecular complexity index is 658. The first-order valence-electron chi connectivity index (χ1n) is 6.82. The smallest absolute Gasteiger partial charge is 0.193 e. The van der Waals surface area contributed by atoms with E-state index in [1.807, 2.05) is 12.1 Å². The Morgan fingerprint density at radius 3 is 2.80 bits per heavy atom. The zero-order valence-electron chi connectivity index (χ0n) is 11.4. The van der Waals surface area contributed by atoms with Crippen molar-refractivity contribution in [2.75, 3.05) is 11.9 Å². The molecule has 0 aliphatic carbocycles. The van der Waals surface area contributed by atoms with E-state index < -0.39 is 0 Å². The maximum Gasteiger partial charge on any atom is 0.193 e. The van der Waals surface area contributed by atoms with Crippen LogP contribution in [0, 0.1) is 12.7 Å². The molecule has 102 valence electrons. The Hall–Kier alpha value is -2.16. The zero-order chi connectivity index (χ0) is 14.1. The van der Waals surface area contributed by atoms with Crippen molar-refractivity contribution in [2.24, 2.45) is 0 Å². The number of anilines is 1. The molecule has 0 saturated carbocycles. The molecule has 0 aromatic heterocycles. The minimum atomic E-state index is -0.368. The Balaban J connectivity index is 1.97. The van der Waals surface area contributed by atoms with Crippen LogP contribution in [0.15, 0.2) is 36.4 Å². The van der Waals surface area contributed by atoms with Gasteiger partial charge >= 0.3 is 0 Å². The van der Waals surface area contributed by atoms with Crippen LogP contribution in [0.4, 0.5) is 10.1 Å². The van der Waals surface area contributed by atoms with Crippen LogP contribution in [0.5, 0.6) is 0 Å². The van der Waals surface area contributed by atoms with Crippen LogP contribution in [0.25, 0.3) is 0 Å². The van der Waals surface area contributed by atoms with E-state index in [0.29, 0.717) is 11.1 Å². The van der Waals surface area contributed by atoms with Gasteiger partial charge in [0.15, 0.2) is 5.78 Å². The molecule has 2 aromatic carbocycles. The molecule has 3 heteroatoms. The van der Waals surface area contributed by atoms with Crippen molar-refractivity contribution < 1.29 is 9.18 Å². The van der Waals surface area contributed by atoms with Crippen molar-refractivity contribution >= 4 is 11.5 Å². The Morgan fingerprint density at radius 2 is 2.00 bits per heavy atom. The highest BCUT2D eigenvalue weighted by atomic mass is 19.1. The fourth-order valence-corrected chi connectivity index (χ4v) is 2.65. The van der Waals surface area contributed by atoms with E-state index in [4.69, 9.17) is 0 Å². The van der Waals surface area contributed by atoms with Crippen molar-refractivity contribution in [3.05, 3.63) is 64.5 Å². The molecule has 1 aliphatic rings. The van der Waals surface area contributed by atoms with Crippen LogP contribution in [-0.2, 0) is 6.42 Å². The lowest BCUT2D eigenvalue weighted by molar-refractivity contribution is 0.103. The molecule has 20 heavy (non-hydrogen) atoms. The van der Waals surface area contributed by atoms with Crippen molar-refractivity contribution in [1.82, 2.24) is 0 Å². The Morgan fingerprint density at radius 1 is 1.15 bits per heavy atom. The molecule has 0 saturated heterocycles. The largest absolute Gasteiger partial charge is 0.385 e. The van der Waals surface area contributed by atoms with Gasteiger partial charge in [0.25, 0.3) is 0 Å². The van der Waals surface area contributed by atoms with Gasteiger partial charge in [-0.15, -0.1) is 0 Å². The standard InChI is InChI=1S/C17H16FNO/c1-11-7-14(10-15(18)8-11)17(20)13-4-5-16-12(9-13)3-2-6-19-16/h4-5,7-10,19H,2-3,6H2,1H3. The summed E-state index contributed by atoms with van der Waals surface area (Å²) in [6.07, 6.45) is 2.05. The average molecular weight is 269 g/mol. The van der Waals surface area contributed by atoms with Crippen LogP contribution in [-0.4, -0.2) is 12.3 Å². The van der Waals surface area contributed by atoms with Gasteiger partial charge in [-0.3, -0.25) is 4.79 Å². The first-order chi connectivity index (χ1) is 9.63. The number of hydrogen-bond acceptors (Lipinski definition) is 2. The monoisotopic (exact) mass is 269 g/mol. The lowest BCUT2D eigenvalue weighted by Crippen LogP contribution is -2.13. The molecule has 0 radical (unpaired) electrons. The fraction of sp³-hybridized carbons (Fsp3) is 0.235. The molecule has 0 bridgehead atoms. The van der Waals surface area contributed by atoms with Crippen LogP contribution >= 0.6 is 0 Å². The predicted octanol–water partition coefficient (Wildman–Crippen LogP) is 3.72. The highest BCUT2D eigenvalue weighted by molar-refractivity contribution is 6.09. The highest BCUT2D eigenvalue weighted by Gasteiger charge is 2.14. The van der Waals surface area contributed by atoms with E-state index in [9.17, 15) is 9.18 Å². The highest BCUT2D eigenvalue weighted by Crippen LogP contribution is 2.24. The molecule has 2 aromatic rings. The molecule has 1 heterocycles. The molecule has 0 atom stereocenters. The summed E-state index contributed by atoms with van der Waals surface area (Å²) in [5.74, 6) is -0.492. The van der Waals surface area contributed by atoms with Crippen LogP contribution in [0.1, 0.15) is 33.5 Å². The van der Waals surface area contributed by atoms with Crippen molar-refractivity contribution in [2.45, 2.75) is 19.8 Å². The molecular formula is C17H16FNO. The third-order valence-electron chi connectivity index (χ3n) is 3.61. The van der Waals surface area contributed by atoms with E-state index in [-0.39, 0.29) is 11.6 Å².